The lowest BCUT2D eigenvalue weighted by atomic mass is 10.2. The summed E-state index contributed by atoms with van der Waals surface area (Å²) in [5.41, 5.74) is 0.925. The van der Waals surface area contributed by atoms with Gasteiger partial charge in [-0.25, -0.2) is 14.2 Å². The van der Waals surface area contributed by atoms with E-state index in [4.69, 9.17) is 13.9 Å². The molecule has 8 nitrogen and oxygen atoms in total. The topological polar surface area (TPSA) is 105 Å². The molecule has 0 bridgehead atoms. The first-order chi connectivity index (χ1) is 12.8. The number of anilines is 1. The highest BCUT2D eigenvalue weighted by Gasteiger charge is 2.23. The Morgan fingerprint density at radius 2 is 1.96 bits per heavy atom. The number of hydrogen-bond donors (Lipinski definition) is 1. The fourth-order valence-corrected chi connectivity index (χ4v) is 2.63. The lowest BCUT2D eigenvalue weighted by Crippen LogP contribution is -2.27. The van der Waals surface area contributed by atoms with Crippen LogP contribution < -0.4 is 4.90 Å². The summed E-state index contributed by atoms with van der Waals surface area (Å²) in [6.07, 6.45) is 0. The van der Waals surface area contributed by atoms with Crippen molar-refractivity contribution in [3.63, 3.8) is 0 Å². The van der Waals surface area contributed by atoms with Crippen molar-refractivity contribution in [1.82, 2.24) is 15.0 Å². The first-order valence-corrected chi connectivity index (χ1v) is 8.17. The average molecular weight is 370 g/mol. The van der Waals surface area contributed by atoms with Crippen LogP contribution in [0.2, 0.25) is 0 Å². The lowest BCUT2D eigenvalue weighted by Gasteiger charge is -2.23. The molecule has 4 rings (SSSR count). The van der Waals surface area contributed by atoms with Crippen LogP contribution in [0.5, 0.6) is 0 Å². The van der Waals surface area contributed by atoms with E-state index >= 15 is 0 Å². The number of rotatable bonds is 4. The van der Waals surface area contributed by atoms with Gasteiger partial charge in [-0.3, -0.25) is 0 Å². The Morgan fingerprint density at radius 1 is 1.19 bits per heavy atom. The normalized spacial score (nSPS) is 11.6. The van der Waals surface area contributed by atoms with Crippen LogP contribution in [-0.2, 0) is 0 Å². The van der Waals surface area contributed by atoms with E-state index in [0.717, 1.165) is 0 Å². The molecule has 0 atom stereocenters. The zero-order valence-corrected chi connectivity index (χ0v) is 14.7. The van der Waals surface area contributed by atoms with Crippen LogP contribution in [-0.4, -0.2) is 39.1 Å². The Labute approximate surface area is 152 Å². The van der Waals surface area contributed by atoms with E-state index in [9.17, 15) is 9.18 Å². The molecule has 0 saturated heterocycles. The zero-order valence-electron chi connectivity index (χ0n) is 14.7. The first-order valence-electron chi connectivity index (χ1n) is 8.17. The molecule has 0 unspecified atom stereocenters. The number of carbonyl (C=O) groups is 1. The van der Waals surface area contributed by atoms with Crippen molar-refractivity contribution in [1.29, 1.82) is 0 Å². The minimum absolute atomic E-state index is 0.0146. The van der Waals surface area contributed by atoms with Crippen LogP contribution >= 0.6 is 0 Å². The number of halogens is 1. The Balaban J connectivity index is 1.97. The molecule has 0 aliphatic heterocycles. The molecular formula is C18H15FN4O4. The van der Waals surface area contributed by atoms with Gasteiger partial charge in [-0.2, -0.15) is 9.97 Å². The van der Waals surface area contributed by atoms with E-state index in [2.05, 4.69) is 15.0 Å². The smallest absolute Gasteiger partial charge is 0.392 e. The number of fused-ring (bicyclic) bond motifs is 2. The van der Waals surface area contributed by atoms with Crippen molar-refractivity contribution >= 4 is 34.1 Å². The van der Waals surface area contributed by atoms with Gasteiger partial charge >= 0.3 is 11.9 Å². The Kier molecular flexibility index (Phi) is 3.79. The molecular weight excluding hydrogens is 355 g/mol. The lowest BCUT2D eigenvalue weighted by molar-refractivity contribution is 0.0656. The molecule has 0 spiro atoms. The standard InChI is InChI=1S/C18H15FN4O4/c1-8(2)23(3)15-13(12-7-9-6-10(19)4-5-11(9)26-12)20-14-16(22-15)27-17(21-14)18(24)25/h4-8H,1-3H3,(H,24,25). The Hall–Kier alpha value is -3.49. The van der Waals surface area contributed by atoms with Crippen LogP contribution in [0, 0.1) is 5.82 Å². The number of carboxylic acid groups (broad SMARTS) is 1. The number of aromatic nitrogens is 3. The molecule has 0 aliphatic rings. The highest BCUT2D eigenvalue weighted by Crippen LogP contribution is 2.34. The van der Waals surface area contributed by atoms with Crippen molar-refractivity contribution in [2.75, 3.05) is 11.9 Å². The molecule has 0 fully saturated rings. The summed E-state index contributed by atoms with van der Waals surface area (Å²) in [7, 11) is 1.82. The van der Waals surface area contributed by atoms with Crippen molar-refractivity contribution in [3.8, 4) is 11.5 Å². The Bertz CT molecular complexity index is 1180. The van der Waals surface area contributed by atoms with Gasteiger partial charge in [-0.05, 0) is 38.1 Å². The quantitative estimate of drug-likeness (QED) is 0.579. The van der Waals surface area contributed by atoms with Gasteiger partial charge in [-0.15, -0.1) is 0 Å². The number of carboxylic acids is 1. The molecule has 0 radical (unpaired) electrons. The fourth-order valence-electron chi connectivity index (χ4n) is 2.63. The maximum atomic E-state index is 13.5. The number of benzene rings is 1. The van der Waals surface area contributed by atoms with Crippen LogP contribution in [0.3, 0.4) is 0 Å². The van der Waals surface area contributed by atoms with Crippen LogP contribution in [0.1, 0.15) is 24.5 Å². The maximum Gasteiger partial charge on any atom is 0.392 e. The fraction of sp³-hybridized carbons (Fsp3) is 0.222. The van der Waals surface area contributed by atoms with E-state index in [0.29, 0.717) is 28.2 Å². The second kappa shape index (κ2) is 6.04. The van der Waals surface area contributed by atoms with Crippen molar-refractivity contribution in [3.05, 3.63) is 36.0 Å². The van der Waals surface area contributed by atoms with E-state index in [1.807, 2.05) is 25.8 Å². The van der Waals surface area contributed by atoms with E-state index in [1.54, 1.807) is 6.07 Å². The predicted molar refractivity (Wildman–Crippen MR) is 95.3 cm³/mol. The summed E-state index contributed by atoms with van der Waals surface area (Å²) in [6, 6.07) is 5.93. The SMILES string of the molecule is CC(C)N(C)c1nc2oc(C(=O)O)nc2nc1-c1cc2cc(F)ccc2o1. The number of nitrogens with zero attached hydrogens (tertiary/aromatic N) is 4. The van der Waals surface area contributed by atoms with Crippen LogP contribution in [0.15, 0.2) is 33.1 Å². The highest BCUT2D eigenvalue weighted by molar-refractivity contribution is 5.88. The average Bonchev–Trinajstić information content (AvgIpc) is 3.22. The van der Waals surface area contributed by atoms with Crippen LogP contribution in [0.25, 0.3) is 33.8 Å². The molecule has 3 heterocycles. The summed E-state index contributed by atoms with van der Waals surface area (Å²) in [5, 5.41) is 9.66. The Morgan fingerprint density at radius 3 is 2.67 bits per heavy atom. The first kappa shape index (κ1) is 17.0. The second-order valence-corrected chi connectivity index (χ2v) is 6.35. The highest BCUT2D eigenvalue weighted by atomic mass is 19.1. The molecule has 3 aromatic heterocycles. The molecule has 0 amide bonds. The molecule has 1 N–H and O–H groups in total. The molecule has 9 heteroatoms. The molecule has 4 aromatic rings. The second-order valence-electron chi connectivity index (χ2n) is 6.35. The van der Waals surface area contributed by atoms with Gasteiger partial charge in [0.2, 0.25) is 5.65 Å². The third-order valence-corrected chi connectivity index (χ3v) is 4.23. The molecule has 138 valence electrons. The van der Waals surface area contributed by atoms with Gasteiger partial charge in [-0.1, -0.05) is 0 Å². The van der Waals surface area contributed by atoms with Crippen LogP contribution in [0.4, 0.5) is 10.2 Å². The third kappa shape index (κ3) is 2.86. The molecule has 1 aromatic carbocycles. The summed E-state index contributed by atoms with van der Waals surface area (Å²) in [5.74, 6) is -1.38. The van der Waals surface area contributed by atoms with Crippen molar-refractivity contribution in [2.24, 2.45) is 0 Å². The summed E-state index contributed by atoms with van der Waals surface area (Å²) in [4.78, 5) is 25.6. The largest absolute Gasteiger partial charge is 0.474 e. The van der Waals surface area contributed by atoms with E-state index in [-0.39, 0.29) is 23.2 Å². The minimum atomic E-state index is -1.31. The van der Waals surface area contributed by atoms with Gasteiger partial charge in [0.1, 0.15) is 11.4 Å². The van der Waals surface area contributed by atoms with Crippen molar-refractivity contribution in [2.45, 2.75) is 19.9 Å². The summed E-state index contributed by atoms with van der Waals surface area (Å²) in [6.45, 7) is 3.93. The van der Waals surface area contributed by atoms with Gasteiger partial charge in [0, 0.05) is 18.5 Å². The predicted octanol–water partition coefficient (Wildman–Crippen LogP) is 3.71. The van der Waals surface area contributed by atoms with Gasteiger partial charge in [0.25, 0.3) is 5.71 Å². The maximum absolute atomic E-state index is 13.5. The van der Waals surface area contributed by atoms with E-state index < -0.39 is 11.9 Å². The minimum Gasteiger partial charge on any atom is -0.474 e. The number of oxazole rings is 1. The number of hydrogen-bond acceptors (Lipinski definition) is 7. The van der Waals surface area contributed by atoms with Gasteiger partial charge in [0.05, 0.1) is 0 Å². The molecule has 0 saturated carbocycles. The van der Waals surface area contributed by atoms with E-state index in [1.165, 1.54) is 18.2 Å². The summed E-state index contributed by atoms with van der Waals surface area (Å²) >= 11 is 0. The monoisotopic (exact) mass is 370 g/mol. The summed E-state index contributed by atoms with van der Waals surface area (Å²) < 4.78 is 24.5. The number of furan rings is 1. The molecule has 27 heavy (non-hydrogen) atoms. The van der Waals surface area contributed by atoms with Crippen molar-refractivity contribution < 1.29 is 23.1 Å². The van der Waals surface area contributed by atoms with Gasteiger partial charge < -0.3 is 18.8 Å². The molecule has 0 aliphatic carbocycles. The zero-order chi connectivity index (χ0) is 19.3. The third-order valence-electron chi connectivity index (χ3n) is 4.23. The number of aromatic carboxylic acids is 1. The van der Waals surface area contributed by atoms with Gasteiger partial charge in [0.15, 0.2) is 17.3 Å².